The van der Waals surface area contributed by atoms with Gasteiger partial charge in [-0.25, -0.2) is 9.97 Å². The fraction of sp³-hybridized carbons (Fsp3) is 0.100. The fourth-order valence-electron chi connectivity index (χ4n) is 2.66. The van der Waals surface area contributed by atoms with E-state index >= 15 is 0 Å². The standard InChI is InChI=1S/C20H16N2O3S/c1-24-17-9-13(11-23)7-8-16(17)25-19-15-10-18(14-5-3-2-4-6-14)26-20(15)22-12-21-19/h2-10,12,23H,11H2,1H3. The maximum absolute atomic E-state index is 9.27. The van der Waals surface area contributed by atoms with Gasteiger partial charge < -0.3 is 14.6 Å². The van der Waals surface area contributed by atoms with Crippen LogP contribution in [-0.2, 0) is 6.61 Å². The Hall–Kier alpha value is -2.96. The Balaban J connectivity index is 1.75. The highest BCUT2D eigenvalue weighted by Crippen LogP contribution is 2.39. The Kier molecular flexibility index (Phi) is 4.51. The molecule has 0 amide bonds. The topological polar surface area (TPSA) is 64.5 Å². The van der Waals surface area contributed by atoms with Crippen molar-refractivity contribution in [1.82, 2.24) is 9.97 Å². The van der Waals surface area contributed by atoms with Gasteiger partial charge in [-0.2, -0.15) is 0 Å². The summed E-state index contributed by atoms with van der Waals surface area (Å²) in [6.45, 7) is -0.0562. The number of ether oxygens (including phenoxy) is 2. The number of hydrogen-bond donors (Lipinski definition) is 1. The van der Waals surface area contributed by atoms with E-state index in [2.05, 4.69) is 22.1 Å². The molecule has 26 heavy (non-hydrogen) atoms. The van der Waals surface area contributed by atoms with Crippen LogP contribution in [0.25, 0.3) is 20.7 Å². The normalized spacial score (nSPS) is 10.8. The molecule has 2 aromatic heterocycles. The molecule has 6 heteroatoms. The molecule has 4 aromatic rings. The van der Waals surface area contributed by atoms with Gasteiger partial charge in [0.15, 0.2) is 11.5 Å². The van der Waals surface area contributed by atoms with Crippen molar-refractivity contribution in [1.29, 1.82) is 0 Å². The van der Waals surface area contributed by atoms with E-state index in [9.17, 15) is 5.11 Å². The Morgan fingerprint density at radius 1 is 1.00 bits per heavy atom. The molecule has 1 N–H and O–H groups in total. The maximum atomic E-state index is 9.27. The number of fused-ring (bicyclic) bond motifs is 1. The summed E-state index contributed by atoms with van der Waals surface area (Å²) in [4.78, 5) is 10.6. The van der Waals surface area contributed by atoms with Crippen molar-refractivity contribution in [3.8, 4) is 27.8 Å². The van der Waals surface area contributed by atoms with Gasteiger partial charge in [-0.3, -0.25) is 0 Å². The van der Waals surface area contributed by atoms with E-state index in [1.807, 2.05) is 24.3 Å². The summed E-state index contributed by atoms with van der Waals surface area (Å²) in [6, 6.07) is 17.5. The third-order valence-corrected chi connectivity index (χ3v) is 5.06. The predicted molar refractivity (Wildman–Crippen MR) is 102 cm³/mol. The average Bonchev–Trinajstić information content (AvgIpc) is 3.14. The summed E-state index contributed by atoms with van der Waals surface area (Å²) in [6.07, 6.45) is 1.50. The SMILES string of the molecule is COc1cc(CO)ccc1Oc1ncnc2sc(-c3ccccc3)cc12. The van der Waals surface area contributed by atoms with E-state index in [-0.39, 0.29) is 6.61 Å². The molecule has 130 valence electrons. The summed E-state index contributed by atoms with van der Waals surface area (Å²) in [5, 5.41) is 10.1. The number of aliphatic hydroxyl groups is 1. The van der Waals surface area contributed by atoms with E-state index in [1.54, 1.807) is 36.6 Å². The first-order valence-corrected chi connectivity index (χ1v) is 8.85. The van der Waals surface area contributed by atoms with Gasteiger partial charge >= 0.3 is 0 Å². The van der Waals surface area contributed by atoms with Crippen molar-refractivity contribution in [2.24, 2.45) is 0 Å². The van der Waals surface area contributed by atoms with Crippen LogP contribution in [0.15, 0.2) is 60.9 Å². The largest absolute Gasteiger partial charge is 0.493 e. The minimum Gasteiger partial charge on any atom is -0.493 e. The molecule has 2 heterocycles. The number of benzene rings is 2. The van der Waals surface area contributed by atoms with Gasteiger partial charge in [0, 0.05) is 4.88 Å². The number of nitrogens with zero attached hydrogens (tertiary/aromatic N) is 2. The molecule has 0 aliphatic carbocycles. The Morgan fingerprint density at radius 2 is 1.85 bits per heavy atom. The number of aliphatic hydroxyl groups excluding tert-OH is 1. The first kappa shape index (κ1) is 16.5. The van der Waals surface area contributed by atoms with E-state index in [0.29, 0.717) is 17.4 Å². The van der Waals surface area contributed by atoms with Gasteiger partial charge in [-0.1, -0.05) is 36.4 Å². The van der Waals surface area contributed by atoms with Crippen LogP contribution in [0.3, 0.4) is 0 Å². The second-order valence-electron chi connectivity index (χ2n) is 5.62. The molecule has 0 unspecified atom stereocenters. The molecular weight excluding hydrogens is 348 g/mol. The molecule has 0 saturated carbocycles. The second-order valence-corrected chi connectivity index (χ2v) is 6.65. The molecule has 4 rings (SSSR count). The summed E-state index contributed by atoms with van der Waals surface area (Å²) in [7, 11) is 1.57. The lowest BCUT2D eigenvalue weighted by Gasteiger charge is -2.11. The number of hydrogen-bond acceptors (Lipinski definition) is 6. The quantitative estimate of drug-likeness (QED) is 0.558. The van der Waals surface area contributed by atoms with Crippen LogP contribution in [0.2, 0.25) is 0 Å². The van der Waals surface area contributed by atoms with E-state index in [0.717, 1.165) is 26.2 Å². The molecule has 0 atom stereocenters. The molecular formula is C20H16N2O3S. The van der Waals surface area contributed by atoms with Gasteiger partial charge in [0.05, 0.1) is 19.1 Å². The van der Waals surface area contributed by atoms with Crippen LogP contribution in [0.1, 0.15) is 5.56 Å². The Morgan fingerprint density at radius 3 is 2.62 bits per heavy atom. The van der Waals surface area contributed by atoms with Crippen LogP contribution in [-0.4, -0.2) is 22.2 Å². The number of aromatic nitrogens is 2. The van der Waals surface area contributed by atoms with Gasteiger partial charge in [0.25, 0.3) is 0 Å². The van der Waals surface area contributed by atoms with E-state index < -0.39 is 0 Å². The highest BCUT2D eigenvalue weighted by molar-refractivity contribution is 7.21. The molecule has 0 bridgehead atoms. The lowest BCUT2D eigenvalue weighted by molar-refractivity contribution is 0.280. The molecule has 0 radical (unpaired) electrons. The molecule has 0 aliphatic rings. The first-order chi connectivity index (χ1) is 12.8. The van der Waals surface area contributed by atoms with Crippen molar-refractivity contribution in [3.63, 3.8) is 0 Å². The first-order valence-electron chi connectivity index (χ1n) is 8.04. The number of thiophene rings is 1. The van der Waals surface area contributed by atoms with E-state index in [4.69, 9.17) is 9.47 Å². The lowest BCUT2D eigenvalue weighted by atomic mass is 10.2. The van der Waals surface area contributed by atoms with Crippen molar-refractivity contribution >= 4 is 21.6 Å². The molecule has 0 spiro atoms. The zero-order valence-corrected chi connectivity index (χ0v) is 14.9. The highest BCUT2D eigenvalue weighted by atomic mass is 32.1. The third-order valence-electron chi connectivity index (χ3n) is 3.97. The summed E-state index contributed by atoms with van der Waals surface area (Å²) in [5.74, 6) is 1.56. The monoisotopic (exact) mass is 364 g/mol. The van der Waals surface area contributed by atoms with Crippen molar-refractivity contribution in [2.75, 3.05) is 7.11 Å². The zero-order chi connectivity index (χ0) is 17.9. The van der Waals surface area contributed by atoms with Gasteiger partial charge in [-0.05, 0) is 29.3 Å². The molecule has 2 aromatic carbocycles. The summed E-state index contributed by atoms with van der Waals surface area (Å²) < 4.78 is 11.4. The van der Waals surface area contributed by atoms with Crippen LogP contribution in [0.5, 0.6) is 17.4 Å². The minimum atomic E-state index is -0.0562. The average molecular weight is 364 g/mol. The van der Waals surface area contributed by atoms with E-state index in [1.165, 1.54) is 6.33 Å². The number of methoxy groups -OCH3 is 1. The molecule has 0 fully saturated rings. The van der Waals surface area contributed by atoms with Crippen LogP contribution in [0, 0.1) is 0 Å². The lowest BCUT2D eigenvalue weighted by Crippen LogP contribution is -1.94. The highest BCUT2D eigenvalue weighted by Gasteiger charge is 2.14. The van der Waals surface area contributed by atoms with Crippen molar-refractivity contribution < 1.29 is 14.6 Å². The van der Waals surface area contributed by atoms with Crippen LogP contribution < -0.4 is 9.47 Å². The van der Waals surface area contributed by atoms with Crippen molar-refractivity contribution in [2.45, 2.75) is 6.61 Å². The van der Waals surface area contributed by atoms with Gasteiger partial charge in [0.1, 0.15) is 11.2 Å². The number of rotatable bonds is 5. The second kappa shape index (κ2) is 7.11. The Labute approximate surface area is 154 Å². The summed E-state index contributed by atoms with van der Waals surface area (Å²) in [5.41, 5.74) is 1.88. The molecule has 0 aliphatic heterocycles. The smallest absolute Gasteiger partial charge is 0.231 e. The summed E-state index contributed by atoms with van der Waals surface area (Å²) >= 11 is 1.60. The van der Waals surface area contributed by atoms with Crippen LogP contribution in [0.4, 0.5) is 0 Å². The fourth-order valence-corrected chi connectivity index (χ4v) is 3.65. The minimum absolute atomic E-state index is 0.0562. The van der Waals surface area contributed by atoms with Crippen molar-refractivity contribution in [3.05, 3.63) is 66.5 Å². The maximum Gasteiger partial charge on any atom is 0.231 e. The third kappa shape index (κ3) is 3.12. The predicted octanol–water partition coefficient (Wildman–Crippen LogP) is 4.65. The van der Waals surface area contributed by atoms with Crippen LogP contribution >= 0.6 is 11.3 Å². The van der Waals surface area contributed by atoms with Gasteiger partial charge in [0.2, 0.25) is 5.88 Å². The molecule has 0 saturated heterocycles. The zero-order valence-electron chi connectivity index (χ0n) is 14.0. The molecule has 5 nitrogen and oxygen atoms in total. The Bertz CT molecular complexity index is 1050. The van der Waals surface area contributed by atoms with Gasteiger partial charge in [-0.15, -0.1) is 11.3 Å².